The van der Waals surface area contributed by atoms with E-state index in [4.69, 9.17) is 4.74 Å². The number of allylic oxidation sites excluding steroid dienone is 1. The van der Waals surface area contributed by atoms with Gasteiger partial charge in [-0.3, -0.25) is 4.79 Å². The summed E-state index contributed by atoms with van der Waals surface area (Å²) in [5, 5.41) is 9.88. The highest BCUT2D eigenvalue weighted by molar-refractivity contribution is 5.95. The Morgan fingerprint density at radius 2 is 2.14 bits per heavy atom. The van der Waals surface area contributed by atoms with Crippen molar-refractivity contribution in [3.8, 4) is 5.75 Å². The number of para-hydroxylation sites is 1. The number of likely N-dealkylation sites (N-methyl/N-ethyl adjacent to an activating group) is 1. The minimum atomic E-state index is -0.269. The lowest BCUT2D eigenvalue weighted by Crippen LogP contribution is -2.33. The first-order chi connectivity index (χ1) is 10.5. The summed E-state index contributed by atoms with van der Waals surface area (Å²) in [4.78, 5) is 14.0. The highest BCUT2D eigenvalue weighted by atomic mass is 16.5. The molecule has 0 bridgehead atoms. The number of carbonyl (C=O) groups excluding carboxylic acids is 1. The van der Waals surface area contributed by atoms with E-state index in [0.29, 0.717) is 6.54 Å². The zero-order valence-corrected chi connectivity index (χ0v) is 13.6. The van der Waals surface area contributed by atoms with Crippen molar-refractivity contribution in [3.05, 3.63) is 35.9 Å². The van der Waals surface area contributed by atoms with Gasteiger partial charge in [-0.2, -0.15) is 0 Å². The van der Waals surface area contributed by atoms with E-state index >= 15 is 0 Å². The largest absolute Gasteiger partial charge is 0.496 e. The molecule has 0 aromatic heterocycles. The van der Waals surface area contributed by atoms with Crippen LogP contribution in [0.5, 0.6) is 5.75 Å². The molecule has 1 aliphatic rings. The average Bonchev–Trinajstić information content (AvgIpc) is 2.92. The quantitative estimate of drug-likeness (QED) is 0.851. The van der Waals surface area contributed by atoms with Crippen LogP contribution in [0.3, 0.4) is 0 Å². The van der Waals surface area contributed by atoms with Crippen LogP contribution in [0.1, 0.15) is 31.7 Å². The first-order valence-corrected chi connectivity index (χ1v) is 7.77. The van der Waals surface area contributed by atoms with Crippen molar-refractivity contribution in [3.63, 3.8) is 0 Å². The van der Waals surface area contributed by atoms with Gasteiger partial charge in [0.25, 0.3) is 0 Å². The summed E-state index contributed by atoms with van der Waals surface area (Å²) in [7, 11) is 3.42. The second-order valence-corrected chi connectivity index (χ2v) is 6.00. The van der Waals surface area contributed by atoms with Crippen molar-refractivity contribution in [2.75, 3.05) is 20.7 Å². The van der Waals surface area contributed by atoms with Crippen molar-refractivity contribution in [1.29, 1.82) is 0 Å². The van der Waals surface area contributed by atoms with Gasteiger partial charge in [0.2, 0.25) is 5.91 Å². The van der Waals surface area contributed by atoms with Crippen LogP contribution < -0.4 is 4.74 Å². The van der Waals surface area contributed by atoms with E-state index in [1.54, 1.807) is 25.1 Å². The molecule has 1 aliphatic carbocycles. The summed E-state index contributed by atoms with van der Waals surface area (Å²) >= 11 is 0. The molecule has 4 heteroatoms. The maximum atomic E-state index is 12.3. The molecule has 1 N–H and O–H groups in total. The number of amides is 1. The number of nitrogens with zero attached hydrogens (tertiary/aromatic N) is 1. The van der Waals surface area contributed by atoms with E-state index in [2.05, 4.69) is 0 Å². The lowest BCUT2D eigenvalue weighted by molar-refractivity contribution is -0.125. The van der Waals surface area contributed by atoms with Gasteiger partial charge in [-0.25, -0.2) is 0 Å². The summed E-state index contributed by atoms with van der Waals surface area (Å²) in [5.41, 5.74) is 1.80. The lowest BCUT2D eigenvalue weighted by atomic mass is 10.0. The second kappa shape index (κ2) is 7.45. The van der Waals surface area contributed by atoms with E-state index in [1.165, 1.54) is 0 Å². The van der Waals surface area contributed by atoms with Gasteiger partial charge in [-0.15, -0.1) is 0 Å². The number of methoxy groups -OCH3 is 1. The summed E-state index contributed by atoms with van der Waals surface area (Å²) in [6, 6.07) is 7.66. The summed E-state index contributed by atoms with van der Waals surface area (Å²) in [6.07, 6.45) is 4.26. The predicted molar refractivity (Wildman–Crippen MR) is 87.6 cm³/mol. The molecule has 0 spiro atoms. The molecule has 1 aromatic rings. The Hall–Kier alpha value is -1.81. The summed E-state index contributed by atoms with van der Waals surface area (Å²) in [5.74, 6) is 0.925. The third-order valence-electron chi connectivity index (χ3n) is 4.38. The van der Waals surface area contributed by atoms with Gasteiger partial charge in [0.05, 0.1) is 13.2 Å². The number of ether oxygens (including phenoxy) is 1. The van der Waals surface area contributed by atoms with E-state index < -0.39 is 0 Å². The molecular formula is C18H25NO3. The van der Waals surface area contributed by atoms with Gasteiger partial charge in [-0.05, 0) is 31.4 Å². The van der Waals surface area contributed by atoms with Gasteiger partial charge in [0, 0.05) is 31.1 Å². The molecule has 0 radical (unpaired) electrons. The van der Waals surface area contributed by atoms with Crippen molar-refractivity contribution in [2.45, 2.75) is 32.3 Å². The maximum absolute atomic E-state index is 12.3. The number of rotatable bonds is 5. The van der Waals surface area contributed by atoms with Gasteiger partial charge in [0.15, 0.2) is 0 Å². The van der Waals surface area contributed by atoms with Gasteiger partial charge < -0.3 is 14.7 Å². The fraction of sp³-hybridized carbons (Fsp3) is 0.500. The molecule has 2 rings (SSSR count). The molecule has 0 aliphatic heterocycles. The molecule has 1 amide bonds. The monoisotopic (exact) mass is 303 g/mol. The van der Waals surface area contributed by atoms with Crippen molar-refractivity contribution >= 4 is 11.5 Å². The lowest BCUT2D eigenvalue weighted by Gasteiger charge is -2.22. The zero-order chi connectivity index (χ0) is 16.1. The molecule has 0 saturated heterocycles. The molecule has 2 unspecified atom stereocenters. The number of hydrogen-bond acceptors (Lipinski definition) is 3. The third kappa shape index (κ3) is 3.89. The van der Waals surface area contributed by atoms with Crippen molar-refractivity contribution < 1.29 is 14.6 Å². The minimum Gasteiger partial charge on any atom is -0.496 e. The van der Waals surface area contributed by atoms with Gasteiger partial charge >= 0.3 is 0 Å². The predicted octanol–water partition coefficient (Wildman–Crippen LogP) is 2.72. The summed E-state index contributed by atoms with van der Waals surface area (Å²) < 4.78 is 5.33. The van der Waals surface area contributed by atoms with Crippen molar-refractivity contribution in [1.82, 2.24) is 4.90 Å². The normalized spacial score (nSPS) is 21.7. The Balaban J connectivity index is 2.05. The number of aliphatic hydroxyl groups is 1. The molecule has 1 aromatic carbocycles. The third-order valence-corrected chi connectivity index (χ3v) is 4.38. The molecule has 4 nitrogen and oxygen atoms in total. The second-order valence-electron chi connectivity index (χ2n) is 6.00. The molecule has 120 valence electrons. The molecular weight excluding hydrogens is 278 g/mol. The Labute approximate surface area is 132 Å². The SMILES string of the molecule is COc1ccccc1/C(C)=C/C(=O)N(C)CC1CCCC1O. The van der Waals surface area contributed by atoms with Gasteiger partial charge in [0.1, 0.15) is 5.75 Å². The van der Waals surface area contributed by atoms with Crippen LogP contribution in [-0.4, -0.2) is 42.7 Å². The average molecular weight is 303 g/mol. The van der Waals surface area contributed by atoms with E-state index in [-0.39, 0.29) is 17.9 Å². The standard InChI is InChI=1S/C18H25NO3/c1-13(15-8-4-5-10-17(15)22-3)11-18(21)19(2)12-14-7-6-9-16(14)20/h4-5,8,10-11,14,16,20H,6-7,9,12H2,1-3H3/b13-11+. The maximum Gasteiger partial charge on any atom is 0.246 e. The van der Waals surface area contributed by atoms with Crippen LogP contribution in [0.4, 0.5) is 0 Å². The number of benzene rings is 1. The Bertz CT molecular complexity index is 553. The van der Waals surface area contributed by atoms with Crippen molar-refractivity contribution in [2.24, 2.45) is 5.92 Å². The number of carbonyl (C=O) groups is 1. The number of hydrogen-bond donors (Lipinski definition) is 1. The first-order valence-electron chi connectivity index (χ1n) is 7.77. The fourth-order valence-electron chi connectivity index (χ4n) is 3.02. The van der Waals surface area contributed by atoms with Crippen LogP contribution in [0.25, 0.3) is 5.57 Å². The highest BCUT2D eigenvalue weighted by Gasteiger charge is 2.27. The van der Waals surface area contributed by atoms with E-state index in [9.17, 15) is 9.90 Å². The highest BCUT2D eigenvalue weighted by Crippen LogP contribution is 2.27. The van der Waals surface area contributed by atoms with Crippen LogP contribution in [-0.2, 0) is 4.79 Å². The minimum absolute atomic E-state index is 0.0393. The smallest absolute Gasteiger partial charge is 0.246 e. The number of aliphatic hydroxyl groups excluding tert-OH is 1. The molecule has 1 saturated carbocycles. The summed E-state index contributed by atoms with van der Waals surface area (Å²) in [6.45, 7) is 2.52. The van der Waals surface area contributed by atoms with Crippen LogP contribution >= 0.6 is 0 Å². The Kier molecular flexibility index (Phi) is 5.61. The van der Waals surface area contributed by atoms with Crippen LogP contribution in [0, 0.1) is 5.92 Å². The molecule has 1 fully saturated rings. The topological polar surface area (TPSA) is 49.8 Å². The molecule has 0 heterocycles. The zero-order valence-electron chi connectivity index (χ0n) is 13.6. The van der Waals surface area contributed by atoms with Gasteiger partial charge in [-0.1, -0.05) is 24.6 Å². The van der Waals surface area contributed by atoms with Crippen LogP contribution in [0.15, 0.2) is 30.3 Å². The van der Waals surface area contributed by atoms with E-state index in [0.717, 1.165) is 36.1 Å². The molecule has 2 atom stereocenters. The first kappa shape index (κ1) is 16.6. The molecule has 22 heavy (non-hydrogen) atoms. The fourth-order valence-corrected chi connectivity index (χ4v) is 3.02. The van der Waals surface area contributed by atoms with Crippen LogP contribution in [0.2, 0.25) is 0 Å². The Morgan fingerprint density at radius 1 is 1.41 bits per heavy atom. The Morgan fingerprint density at radius 3 is 2.77 bits per heavy atom. The van der Waals surface area contributed by atoms with E-state index in [1.807, 2.05) is 31.2 Å².